The fraction of sp³-hybridized carbons (Fsp3) is 0.556. The molecule has 0 bridgehead atoms. The maximum atomic E-state index is 11.1. The minimum Gasteiger partial charge on any atom is -0.300 e. The minimum atomic E-state index is 0.0381. The van der Waals surface area contributed by atoms with Gasteiger partial charge in [0.25, 0.3) is 5.91 Å². The second-order valence-corrected chi connectivity index (χ2v) is 3.29. The lowest BCUT2D eigenvalue weighted by Gasteiger charge is -2.14. The summed E-state index contributed by atoms with van der Waals surface area (Å²) >= 11 is 4.99. The highest BCUT2D eigenvalue weighted by Crippen LogP contribution is 2.07. The molecular weight excluding hydrogens is 170 g/mol. The Kier molecular flexibility index (Phi) is 3.41. The van der Waals surface area contributed by atoms with Gasteiger partial charge in [0.05, 0.1) is 0 Å². The van der Waals surface area contributed by atoms with E-state index in [1.807, 2.05) is 0 Å². The van der Waals surface area contributed by atoms with Gasteiger partial charge in [0, 0.05) is 12.6 Å². The van der Waals surface area contributed by atoms with E-state index in [9.17, 15) is 4.79 Å². The van der Waals surface area contributed by atoms with Gasteiger partial charge in [0.15, 0.2) is 0 Å². The van der Waals surface area contributed by atoms with E-state index in [1.54, 1.807) is 11.0 Å². The highest BCUT2D eigenvalue weighted by atomic mass is 32.1. The molecular formula is C9H13NOS. The summed E-state index contributed by atoms with van der Waals surface area (Å²) in [7, 11) is 0. The van der Waals surface area contributed by atoms with Crippen LogP contribution >= 0.6 is 12.2 Å². The molecule has 1 heterocycles. The highest BCUT2D eigenvalue weighted by molar-refractivity contribution is 7.80. The zero-order valence-electron chi connectivity index (χ0n) is 7.25. The van der Waals surface area contributed by atoms with Crippen molar-refractivity contribution in [2.24, 2.45) is 0 Å². The summed E-state index contributed by atoms with van der Waals surface area (Å²) in [4.78, 5) is 13.5. The summed E-state index contributed by atoms with van der Waals surface area (Å²) in [5, 5.41) is 0. The van der Waals surface area contributed by atoms with Crippen LogP contribution in [0.2, 0.25) is 0 Å². The van der Waals surface area contributed by atoms with Crippen molar-refractivity contribution in [3.8, 4) is 0 Å². The lowest BCUT2D eigenvalue weighted by molar-refractivity contribution is -0.121. The van der Waals surface area contributed by atoms with Crippen LogP contribution in [0.3, 0.4) is 0 Å². The monoisotopic (exact) mass is 183 g/mol. The van der Waals surface area contributed by atoms with Crippen molar-refractivity contribution in [1.82, 2.24) is 4.90 Å². The molecule has 0 aromatic carbocycles. The van der Waals surface area contributed by atoms with Crippen LogP contribution in [0.15, 0.2) is 12.2 Å². The Morgan fingerprint density at radius 3 is 2.67 bits per heavy atom. The number of unbranched alkanes of at least 4 members (excludes halogenated alkanes) is 2. The summed E-state index contributed by atoms with van der Waals surface area (Å²) < 4.78 is 0. The van der Waals surface area contributed by atoms with Crippen LogP contribution in [0, 0.1) is 0 Å². The number of thiocarbonyl (C=S) groups is 1. The topological polar surface area (TPSA) is 20.3 Å². The first-order chi connectivity index (χ1) is 5.75. The van der Waals surface area contributed by atoms with E-state index in [4.69, 9.17) is 12.2 Å². The van der Waals surface area contributed by atoms with Crippen LogP contribution in [0.4, 0.5) is 0 Å². The molecule has 0 saturated heterocycles. The average molecular weight is 183 g/mol. The Hall–Kier alpha value is -0.700. The molecule has 0 radical (unpaired) electrons. The summed E-state index contributed by atoms with van der Waals surface area (Å²) in [6.45, 7) is 2.92. The fourth-order valence-electron chi connectivity index (χ4n) is 1.17. The first-order valence-corrected chi connectivity index (χ1v) is 4.70. The number of carbonyl (C=O) groups is 1. The third-order valence-corrected chi connectivity index (χ3v) is 2.24. The van der Waals surface area contributed by atoms with Crippen molar-refractivity contribution >= 4 is 23.1 Å². The Morgan fingerprint density at radius 1 is 1.42 bits per heavy atom. The predicted octanol–water partition coefficient (Wildman–Crippen LogP) is 1.90. The summed E-state index contributed by atoms with van der Waals surface area (Å²) in [6.07, 6.45) is 6.61. The number of nitrogens with zero attached hydrogens (tertiary/aromatic N) is 1. The van der Waals surface area contributed by atoms with E-state index in [2.05, 4.69) is 6.92 Å². The Morgan fingerprint density at radius 2 is 2.17 bits per heavy atom. The van der Waals surface area contributed by atoms with Crippen molar-refractivity contribution in [3.05, 3.63) is 12.2 Å². The van der Waals surface area contributed by atoms with Crippen LogP contribution in [-0.4, -0.2) is 22.3 Å². The first kappa shape index (κ1) is 9.39. The molecule has 66 valence electrons. The molecule has 1 aliphatic rings. The molecule has 1 rings (SSSR count). The molecule has 1 aliphatic heterocycles. The third-order valence-electron chi connectivity index (χ3n) is 1.89. The van der Waals surface area contributed by atoms with Crippen molar-refractivity contribution in [2.45, 2.75) is 26.2 Å². The molecule has 0 spiro atoms. The van der Waals surface area contributed by atoms with Gasteiger partial charge in [-0.05, 0) is 12.5 Å². The lowest BCUT2D eigenvalue weighted by Crippen LogP contribution is -2.29. The van der Waals surface area contributed by atoms with Crippen LogP contribution in [-0.2, 0) is 4.79 Å². The highest BCUT2D eigenvalue weighted by Gasteiger charge is 2.18. The summed E-state index contributed by atoms with van der Waals surface area (Å²) in [6, 6.07) is 0. The molecule has 2 nitrogen and oxygen atoms in total. The molecule has 0 aromatic rings. The average Bonchev–Trinajstić information content (AvgIpc) is 2.35. The van der Waals surface area contributed by atoms with E-state index in [1.165, 1.54) is 12.5 Å². The number of hydrogen-bond acceptors (Lipinski definition) is 2. The smallest absolute Gasteiger partial charge is 0.251 e. The maximum Gasteiger partial charge on any atom is 0.251 e. The number of carbonyl (C=O) groups excluding carboxylic acids is 1. The molecule has 12 heavy (non-hydrogen) atoms. The largest absolute Gasteiger partial charge is 0.300 e. The number of rotatable bonds is 4. The van der Waals surface area contributed by atoms with Crippen molar-refractivity contribution in [3.63, 3.8) is 0 Å². The number of hydrogen-bond donors (Lipinski definition) is 0. The molecule has 0 N–H and O–H groups in total. The molecule has 0 aromatic heterocycles. The first-order valence-electron chi connectivity index (χ1n) is 4.29. The minimum absolute atomic E-state index is 0.0381. The maximum absolute atomic E-state index is 11.1. The molecule has 3 heteroatoms. The fourth-order valence-corrected chi connectivity index (χ4v) is 1.42. The van der Waals surface area contributed by atoms with Crippen LogP contribution < -0.4 is 0 Å². The van der Waals surface area contributed by atoms with Gasteiger partial charge in [-0.3, -0.25) is 9.69 Å². The van der Waals surface area contributed by atoms with E-state index >= 15 is 0 Å². The normalized spacial score (nSPS) is 16.2. The van der Waals surface area contributed by atoms with Crippen molar-refractivity contribution in [2.75, 3.05) is 6.54 Å². The van der Waals surface area contributed by atoms with Crippen LogP contribution in [0.5, 0.6) is 0 Å². The van der Waals surface area contributed by atoms with Crippen molar-refractivity contribution in [1.29, 1.82) is 0 Å². The second-order valence-electron chi connectivity index (χ2n) is 2.87. The SMILES string of the molecule is CCCCCN1C(=O)C=CC1=S. The molecule has 0 unspecified atom stereocenters. The Labute approximate surface area is 78.2 Å². The zero-order valence-corrected chi connectivity index (χ0v) is 8.06. The summed E-state index contributed by atoms with van der Waals surface area (Å²) in [5.74, 6) is 0.0381. The summed E-state index contributed by atoms with van der Waals surface area (Å²) in [5.41, 5.74) is 0. The van der Waals surface area contributed by atoms with Gasteiger partial charge in [-0.25, -0.2) is 0 Å². The zero-order chi connectivity index (χ0) is 8.97. The van der Waals surface area contributed by atoms with E-state index in [0.717, 1.165) is 19.4 Å². The van der Waals surface area contributed by atoms with Gasteiger partial charge in [-0.1, -0.05) is 32.0 Å². The van der Waals surface area contributed by atoms with E-state index in [-0.39, 0.29) is 5.91 Å². The lowest BCUT2D eigenvalue weighted by atomic mass is 10.2. The molecule has 0 fully saturated rings. The quantitative estimate of drug-likeness (QED) is 0.490. The van der Waals surface area contributed by atoms with Gasteiger partial charge >= 0.3 is 0 Å². The standard InChI is InChI=1S/C9H13NOS/c1-2-3-4-7-10-8(11)5-6-9(10)12/h5-6H,2-4,7H2,1H3. The molecule has 1 amide bonds. The van der Waals surface area contributed by atoms with Gasteiger partial charge in [-0.2, -0.15) is 0 Å². The molecule has 0 atom stereocenters. The van der Waals surface area contributed by atoms with Gasteiger partial charge in [0.2, 0.25) is 0 Å². The Balaban J connectivity index is 2.33. The molecule has 0 aliphatic carbocycles. The predicted molar refractivity (Wildman–Crippen MR) is 53.0 cm³/mol. The molecule has 0 saturated carbocycles. The third kappa shape index (κ3) is 2.14. The number of amides is 1. The van der Waals surface area contributed by atoms with E-state index < -0.39 is 0 Å². The second kappa shape index (κ2) is 4.36. The van der Waals surface area contributed by atoms with Gasteiger partial charge < -0.3 is 0 Å². The Bertz CT molecular complexity index is 205. The van der Waals surface area contributed by atoms with Gasteiger partial charge in [-0.15, -0.1) is 0 Å². The van der Waals surface area contributed by atoms with Crippen LogP contribution in [0.1, 0.15) is 26.2 Å². The van der Waals surface area contributed by atoms with E-state index in [0.29, 0.717) is 4.99 Å². The van der Waals surface area contributed by atoms with Crippen LogP contribution in [0.25, 0.3) is 0 Å². The van der Waals surface area contributed by atoms with Gasteiger partial charge in [0.1, 0.15) is 4.99 Å². The van der Waals surface area contributed by atoms with Crippen molar-refractivity contribution < 1.29 is 4.79 Å².